The van der Waals surface area contributed by atoms with Crippen LogP contribution in [0.1, 0.15) is 31.0 Å². The summed E-state index contributed by atoms with van der Waals surface area (Å²) in [5.41, 5.74) is 2.36. The molecule has 0 saturated carbocycles. The van der Waals surface area contributed by atoms with E-state index in [9.17, 15) is 5.11 Å². The summed E-state index contributed by atoms with van der Waals surface area (Å²) in [6.07, 6.45) is 0.225. The molecule has 0 bridgehead atoms. The van der Waals surface area contributed by atoms with Crippen molar-refractivity contribution in [2.24, 2.45) is 0 Å². The Morgan fingerprint density at radius 1 is 1.19 bits per heavy atom. The molecule has 1 heterocycles. The van der Waals surface area contributed by atoms with Gasteiger partial charge in [0.05, 0.1) is 18.8 Å². The first kappa shape index (κ1) is 21.4. The van der Waals surface area contributed by atoms with E-state index in [-0.39, 0.29) is 18.4 Å². The first-order valence-electron chi connectivity index (χ1n) is 9.00. The number of aliphatic hydroxyl groups excluding tert-OH is 1. The fraction of sp³-hybridized carbons (Fsp3) is 0.429. The highest BCUT2D eigenvalue weighted by molar-refractivity contribution is 5.85. The lowest BCUT2D eigenvalue weighted by atomic mass is 9.86. The summed E-state index contributed by atoms with van der Waals surface area (Å²) >= 11 is 0. The molecule has 6 heteroatoms. The smallest absolute Gasteiger partial charge is 0.142 e. The van der Waals surface area contributed by atoms with Crippen LogP contribution >= 0.6 is 12.4 Å². The van der Waals surface area contributed by atoms with Crippen LogP contribution in [0.25, 0.3) is 0 Å². The average molecular weight is 393 g/mol. The standard InChI is InChI=1S/C21H28N2O3.ClH/c1-21(2)20(24)19(23-11-10-14-8-6-5-7-9-14)15-12-18(25-4)16(22-3)13-17(15)26-21;/h5-9,12-13,19-20,22-24H,10-11H2,1-4H3;1H. The molecule has 2 unspecified atom stereocenters. The summed E-state index contributed by atoms with van der Waals surface area (Å²) in [5.74, 6) is 1.50. The Kier molecular flexibility index (Phi) is 6.98. The third-order valence-corrected chi connectivity index (χ3v) is 4.96. The van der Waals surface area contributed by atoms with Gasteiger partial charge in [0.25, 0.3) is 0 Å². The lowest BCUT2D eigenvalue weighted by Gasteiger charge is -2.42. The second-order valence-corrected chi connectivity index (χ2v) is 7.16. The van der Waals surface area contributed by atoms with Crippen LogP contribution in [-0.2, 0) is 6.42 Å². The largest absolute Gasteiger partial charge is 0.495 e. The number of halogens is 1. The topological polar surface area (TPSA) is 62.8 Å². The number of aliphatic hydroxyl groups is 1. The zero-order valence-corrected chi connectivity index (χ0v) is 17.1. The number of anilines is 1. The maximum Gasteiger partial charge on any atom is 0.142 e. The number of hydrogen-bond donors (Lipinski definition) is 3. The Labute approximate surface area is 167 Å². The molecule has 27 heavy (non-hydrogen) atoms. The van der Waals surface area contributed by atoms with Crippen molar-refractivity contribution >= 4 is 18.1 Å². The van der Waals surface area contributed by atoms with Gasteiger partial charge in [0, 0.05) is 18.7 Å². The van der Waals surface area contributed by atoms with Crippen molar-refractivity contribution in [2.45, 2.75) is 38.0 Å². The average Bonchev–Trinajstić information content (AvgIpc) is 2.64. The third-order valence-electron chi connectivity index (χ3n) is 4.96. The van der Waals surface area contributed by atoms with Crippen LogP contribution in [0.5, 0.6) is 11.5 Å². The van der Waals surface area contributed by atoms with E-state index in [1.54, 1.807) is 7.11 Å². The van der Waals surface area contributed by atoms with Gasteiger partial charge in [0.1, 0.15) is 23.2 Å². The van der Waals surface area contributed by atoms with Crippen LogP contribution < -0.4 is 20.1 Å². The summed E-state index contributed by atoms with van der Waals surface area (Å²) < 4.78 is 11.6. The predicted octanol–water partition coefficient (Wildman–Crippen LogP) is 3.56. The molecule has 2 aromatic carbocycles. The van der Waals surface area contributed by atoms with E-state index in [0.717, 1.165) is 35.7 Å². The zero-order chi connectivity index (χ0) is 18.7. The molecule has 3 N–H and O–H groups in total. The second kappa shape index (κ2) is 8.83. The molecular weight excluding hydrogens is 364 g/mol. The number of ether oxygens (including phenoxy) is 2. The van der Waals surface area contributed by atoms with Gasteiger partial charge in [-0.3, -0.25) is 0 Å². The quantitative estimate of drug-likeness (QED) is 0.701. The molecule has 2 atom stereocenters. The van der Waals surface area contributed by atoms with Gasteiger partial charge in [0.2, 0.25) is 0 Å². The SMILES string of the molecule is CNc1cc2c(cc1OC)C(NCCc1ccccc1)C(O)C(C)(C)O2.Cl. The highest BCUT2D eigenvalue weighted by Crippen LogP contribution is 2.44. The van der Waals surface area contributed by atoms with Crippen LogP contribution in [0, 0.1) is 0 Å². The van der Waals surface area contributed by atoms with E-state index >= 15 is 0 Å². The number of fused-ring (bicyclic) bond motifs is 1. The monoisotopic (exact) mass is 392 g/mol. The molecule has 1 aliphatic rings. The predicted molar refractivity (Wildman–Crippen MR) is 111 cm³/mol. The molecule has 0 aromatic heterocycles. The number of hydrogen-bond acceptors (Lipinski definition) is 5. The third kappa shape index (κ3) is 4.49. The number of benzene rings is 2. The summed E-state index contributed by atoms with van der Waals surface area (Å²) in [6, 6.07) is 14.0. The van der Waals surface area contributed by atoms with Crippen molar-refractivity contribution in [3.63, 3.8) is 0 Å². The van der Waals surface area contributed by atoms with Gasteiger partial charge in [-0.25, -0.2) is 0 Å². The van der Waals surface area contributed by atoms with Gasteiger partial charge in [-0.15, -0.1) is 12.4 Å². The van der Waals surface area contributed by atoms with Gasteiger partial charge in [-0.1, -0.05) is 30.3 Å². The summed E-state index contributed by atoms with van der Waals surface area (Å²) in [5, 5.41) is 17.5. The van der Waals surface area contributed by atoms with E-state index in [1.807, 2.05) is 51.2 Å². The van der Waals surface area contributed by atoms with Crippen molar-refractivity contribution in [3.05, 3.63) is 53.6 Å². The van der Waals surface area contributed by atoms with Crippen LogP contribution in [-0.4, -0.2) is 37.5 Å². The first-order valence-corrected chi connectivity index (χ1v) is 9.00. The lowest BCUT2D eigenvalue weighted by molar-refractivity contribution is -0.0644. The molecule has 0 spiro atoms. The summed E-state index contributed by atoms with van der Waals surface area (Å²) in [4.78, 5) is 0. The Morgan fingerprint density at radius 3 is 2.52 bits per heavy atom. The van der Waals surface area contributed by atoms with Crippen LogP contribution in [0.15, 0.2) is 42.5 Å². The highest BCUT2D eigenvalue weighted by atomic mass is 35.5. The molecule has 0 amide bonds. The van der Waals surface area contributed by atoms with E-state index in [1.165, 1.54) is 5.56 Å². The maximum absolute atomic E-state index is 10.9. The second-order valence-electron chi connectivity index (χ2n) is 7.16. The van der Waals surface area contributed by atoms with Crippen molar-refractivity contribution in [1.29, 1.82) is 0 Å². The molecule has 0 fully saturated rings. The summed E-state index contributed by atoms with van der Waals surface area (Å²) in [6.45, 7) is 4.59. The normalized spacial score (nSPS) is 20.0. The van der Waals surface area contributed by atoms with Crippen molar-refractivity contribution in [1.82, 2.24) is 5.32 Å². The van der Waals surface area contributed by atoms with Crippen molar-refractivity contribution in [2.75, 3.05) is 26.0 Å². The fourth-order valence-corrected chi connectivity index (χ4v) is 3.42. The number of nitrogens with one attached hydrogen (secondary N) is 2. The molecular formula is C21H29ClN2O3. The Balaban J connectivity index is 0.00000261. The van der Waals surface area contributed by atoms with Crippen molar-refractivity contribution in [3.8, 4) is 11.5 Å². The zero-order valence-electron chi connectivity index (χ0n) is 16.3. The highest BCUT2D eigenvalue weighted by Gasteiger charge is 2.43. The molecule has 2 aromatic rings. The maximum atomic E-state index is 10.9. The lowest BCUT2D eigenvalue weighted by Crippen LogP contribution is -2.52. The molecule has 3 rings (SSSR count). The van der Waals surface area contributed by atoms with E-state index < -0.39 is 11.7 Å². The van der Waals surface area contributed by atoms with Crippen LogP contribution in [0.2, 0.25) is 0 Å². The molecule has 0 radical (unpaired) electrons. The Bertz CT molecular complexity index is 753. The molecule has 0 saturated heterocycles. The van der Waals surface area contributed by atoms with E-state index in [2.05, 4.69) is 22.8 Å². The summed E-state index contributed by atoms with van der Waals surface area (Å²) in [7, 11) is 3.49. The van der Waals surface area contributed by atoms with Gasteiger partial charge < -0.3 is 25.2 Å². The van der Waals surface area contributed by atoms with Gasteiger partial charge in [0.15, 0.2) is 0 Å². The molecule has 5 nitrogen and oxygen atoms in total. The van der Waals surface area contributed by atoms with E-state index in [4.69, 9.17) is 9.47 Å². The molecule has 0 aliphatic carbocycles. The Hall–Kier alpha value is -1.95. The number of methoxy groups -OCH3 is 1. The van der Waals surface area contributed by atoms with Gasteiger partial charge in [-0.2, -0.15) is 0 Å². The van der Waals surface area contributed by atoms with Gasteiger partial charge >= 0.3 is 0 Å². The molecule has 1 aliphatic heterocycles. The minimum atomic E-state index is -0.684. The van der Waals surface area contributed by atoms with E-state index in [0.29, 0.717) is 0 Å². The fourth-order valence-electron chi connectivity index (χ4n) is 3.42. The Morgan fingerprint density at radius 2 is 1.89 bits per heavy atom. The minimum absolute atomic E-state index is 0. The minimum Gasteiger partial charge on any atom is -0.495 e. The first-order chi connectivity index (χ1) is 12.5. The molecule has 148 valence electrons. The van der Waals surface area contributed by atoms with Gasteiger partial charge in [-0.05, 0) is 38.4 Å². The van der Waals surface area contributed by atoms with Crippen molar-refractivity contribution < 1.29 is 14.6 Å². The van der Waals surface area contributed by atoms with Crippen LogP contribution in [0.3, 0.4) is 0 Å². The number of rotatable bonds is 6. The van der Waals surface area contributed by atoms with Crippen LogP contribution in [0.4, 0.5) is 5.69 Å².